The average molecular weight is 230 g/mol. The van der Waals surface area contributed by atoms with Gasteiger partial charge in [0.25, 0.3) is 0 Å². The zero-order chi connectivity index (χ0) is 12.3. The van der Waals surface area contributed by atoms with Gasteiger partial charge < -0.3 is 15.7 Å². The van der Waals surface area contributed by atoms with Crippen LogP contribution < -0.4 is 10.6 Å². The number of rotatable bonds is 3. The fourth-order valence-corrected chi connectivity index (χ4v) is 1.61. The number of benzene rings is 1. The number of hydrogen-bond acceptors (Lipinski definition) is 5. The van der Waals surface area contributed by atoms with Crippen LogP contribution in [0.4, 0.5) is 11.5 Å². The number of anilines is 2. The summed E-state index contributed by atoms with van der Waals surface area (Å²) in [4.78, 5) is 10.3. The maximum absolute atomic E-state index is 9.45. The summed E-state index contributed by atoms with van der Waals surface area (Å²) in [5, 5.41) is 9.45. The zero-order valence-corrected chi connectivity index (χ0v) is 9.54. The van der Waals surface area contributed by atoms with Crippen LogP contribution in [-0.2, 0) is 6.54 Å². The van der Waals surface area contributed by atoms with Gasteiger partial charge >= 0.3 is 0 Å². The number of aromatic nitrogens is 2. The minimum Gasteiger partial charge on any atom is -0.508 e. The zero-order valence-electron chi connectivity index (χ0n) is 9.54. The third-order valence-electron chi connectivity index (χ3n) is 2.48. The Morgan fingerprint density at radius 2 is 2.06 bits per heavy atom. The van der Waals surface area contributed by atoms with E-state index < -0.39 is 0 Å². The lowest BCUT2D eigenvalue weighted by atomic mass is 10.2. The van der Waals surface area contributed by atoms with Crippen LogP contribution in [0.3, 0.4) is 0 Å². The molecule has 0 fully saturated rings. The molecule has 0 bridgehead atoms. The summed E-state index contributed by atoms with van der Waals surface area (Å²) >= 11 is 0. The van der Waals surface area contributed by atoms with E-state index >= 15 is 0 Å². The standard InChI is InChI=1S/C12H14N4O/c1-16(9-3-2-4-10(17)7-9)12-11(8-13)14-5-6-15-12/h2-7,17H,8,13H2,1H3. The van der Waals surface area contributed by atoms with E-state index in [2.05, 4.69) is 9.97 Å². The highest BCUT2D eigenvalue weighted by molar-refractivity contribution is 5.62. The molecule has 1 aromatic carbocycles. The molecule has 0 unspecified atom stereocenters. The van der Waals surface area contributed by atoms with Gasteiger partial charge in [-0.05, 0) is 12.1 Å². The lowest BCUT2D eigenvalue weighted by Crippen LogP contribution is -2.16. The number of aromatic hydroxyl groups is 1. The van der Waals surface area contributed by atoms with Crippen molar-refractivity contribution in [3.8, 4) is 5.75 Å². The molecule has 0 aliphatic carbocycles. The second-order valence-corrected chi connectivity index (χ2v) is 3.61. The van der Waals surface area contributed by atoms with Gasteiger partial charge in [0.15, 0.2) is 5.82 Å². The minimum atomic E-state index is 0.215. The molecule has 5 nitrogen and oxygen atoms in total. The summed E-state index contributed by atoms with van der Waals surface area (Å²) in [5.74, 6) is 0.910. The van der Waals surface area contributed by atoms with Crippen LogP contribution in [0.25, 0.3) is 0 Å². The number of phenols is 1. The van der Waals surface area contributed by atoms with Crippen LogP contribution in [0.2, 0.25) is 0 Å². The molecule has 0 aliphatic heterocycles. The first kappa shape index (κ1) is 11.3. The number of nitrogens with zero attached hydrogens (tertiary/aromatic N) is 3. The lowest BCUT2D eigenvalue weighted by Gasteiger charge is -2.20. The number of nitrogens with two attached hydrogens (primary N) is 1. The van der Waals surface area contributed by atoms with Crippen molar-refractivity contribution in [2.45, 2.75) is 6.54 Å². The van der Waals surface area contributed by atoms with Crippen LogP contribution in [0.5, 0.6) is 5.75 Å². The van der Waals surface area contributed by atoms with Gasteiger partial charge in [0.05, 0.1) is 5.69 Å². The van der Waals surface area contributed by atoms with Crippen molar-refractivity contribution >= 4 is 11.5 Å². The number of hydrogen-bond donors (Lipinski definition) is 2. The Morgan fingerprint density at radius 3 is 2.76 bits per heavy atom. The molecule has 0 atom stereocenters. The Kier molecular flexibility index (Phi) is 3.20. The number of phenolic OH excluding ortho intramolecular Hbond substituents is 1. The van der Waals surface area contributed by atoms with Gasteiger partial charge in [0.2, 0.25) is 0 Å². The van der Waals surface area contributed by atoms with Gasteiger partial charge in [-0.3, -0.25) is 4.98 Å². The quantitative estimate of drug-likeness (QED) is 0.833. The van der Waals surface area contributed by atoms with Gasteiger partial charge in [0, 0.05) is 37.7 Å². The second kappa shape index (κ2) is 4.80. The van der Waals surface area contributed by atoms with Gasteiger partial charge in [0.1, 0.15) is 5.75 Å². The smallest absolute Gasteiger partial charge is 0.155 e. The first-order valence-electron chi connectivity index (χ1n) is 5.25. The first-order valence-corrected chi connectivity index (χ1v) is 5.25. The van der Waals surface area contributed by atoms with Crippen molar-refractivity contribution in [2.75, 3.05) is 11.9 Å². The van der Waals surface area contributed by atoms with Crippen LogP contribution in [0.1, 0.15) is 5.69 Å². The predicted octanol–water partition coefficient (Wildman–Crippen LogP) is 1.41. The molecule has 2 aromatic rings. The summed E-state index contributed by atoms with van der Waals surface area (Å²) in [6.45, 7) is 0.326. The topological polar surface area (TPSA) is 75.3 Å². The van der Waals surface area contributed by atoms with Crippen molar-refractivity contribution in [1.29, 1.82) is 0 Å². The Morgan fingerprint density at radius 1 is 1.29 bits per heavy atom. The normalized spacial score (nSPS) is 10.2. The molecule has 2 rings (SSSR count). The molecule has 0 saturated carbocycles. The maximum atomic E-state index is 9.45. The maximum Gasteiger partial charge on any atom is 0.155 e. The van der Waals surface area contributed by atoms with E-state index in [0.29, 0.717) is 12.4 Å². The molecule has 5 heteroatoms. The van der Waals surface area contributed by atoms with Crippen LogP contribution in [-0.4, -0.2) is 22.1 Å². The summed E-state index contributed by atoms with van der Waals surface area (Å²) in [7, 11) is 1.86. The van der Waals surface area contributed by atoms with Crippen molar-refractivity contribution in [2.24, 2.45) is 5.73 Å². The molecule has 0 saturated heterocycles. The van der Waals surface area contributed by atoms with Crippen molar-refractivity contribution in [3.63, 3.8) is 0 Å². The Labute approximate surface area is 99.6 Å². The van der Waals surface area contributed by atoms with Crippen molar-refractivity contribution in [1.82, 2.24) is 9.97 Å². The van der Waals surface area contributed by atoms with Gasteiger partial charge in [-0.2, -0.15) is 0 Å². The molecule has 1 aromatic heterocycles. The molecule has 1 heterocycles. The van der Waals surface area contributed by atoms with Crippen LogP contribution in [0.15, 0.2) is 36.7 Å². The van der Waals surface area contributed by atoms with E-state index in [1.54, 1.807) is 30.6 Å². The van der Waals surface area contributed by atoms with Crippen LogP contribution >= 0.6 is 0 Å². The summed E-state index contributed by atoms with van der Waals surface area (Å²) < 4.78 is 0. The summed E-state index contributed by atoms with van der Waals surface area (Å²) in [6.07, 6.45) is 3.23. The Bertz CT molecular complexity index is 515. The largest absolute Gasteiger partial charge is 0.508 e. The van der Waals surface area contributed by atoms with E-state index in [0.717, 1.165) is 11.4 Å². The van der Waals surface area contributed by atoms with E-state index in [-0.39, 0.29) is 5.75 Å². The summed E-state index contributed by atoms with van der Waals surface area (Å²) in [6, 6.07) is 6.95. The summed E-state index contributed by atoms with van der Waals surface area (Å²) in [5.41, 5.74) is 7.17. The van der Waals surface area contributed by atoms with E-state index in [9.17, 15) is 5.11 Å². The SMILES string of the molecule is CN(c1cccc(O)c1)c1nccnc1CN. The highest BCUT2D eigenvalue weighted by Gasteiger charge is 2.10. The fraction of sp³-hybridized carbons (Fsp3) is 0.167. The lowest BCUT2D eigenvalue weighted by molar-refractivity contribution is 0.475. The molecular formula is C12H14N4O. The average Bonchev–Trinajstić information content (AvgIpc) is 2.38. The van der Waals surface area contributed by atoms with Gasteiger partial charge in [-0.1, -0.05) is 6.07 Å². The monoisotopic (exact) mass is 230 g/mol. The minimum absolute atomic E-state index is 0.215. The predicted molar refractivity (Wildman–Crippen MR) is 66.1 cm³/mol. The fourth-order valence-electron chi connectivity index (χ4n) is 1.61. The van der Waals surface area contributed by atoms with Gasteiger partial charge in [-0.15, -0.1) is 0 Å². The molecule has 88 valence electrons. The highest BCUT2D eigenvalue weighted by Crippen LogP contribution is 2.26. The van der Waals surface area contributed by atoms with E-state index in [1.807, 2.05) is 18.0 Å². The van der Waals surface area contributed by atoms with E-state index in [4.69, 9.17) is 5.73 Å². The molecule has 0 amide bonds. The Hall–Kier alpha value is -2.14. The third-order valence-corrected chi connectivity index (χ3v) is 2.48. The van der Waals surface area contributed by atoms with Crippen molar-refractivity contribution < 1.29 is 5.11 Å². The first-order chi connectivity index (χ1) is 8.22. The molecular weight excluding hydrogens is 216 g/mol. The molecule has 17 heavy (non-hydrogen) atoms. The molecule has 0 aliphatic rings. The van der Waals surface area contributed by atoms with E-state index in [1.165, 1.54) is 0 Å². The van der Waals surface area contributed by atoms with Crippen molar-refractivity contribution in [3.05, 3.63) is 42.4 Å². The molecule has 0 spiro atoms. The molecule has 0 radical (unpaired) electrons. The highest BCUT2D eigenvalue weighted by atomic mass is 16.3. The second-order valence-electron chi connectivity index (χ2n) is 3.61. The van der Waals surface area contributed by atoms with Gasteiger partial charge in [-0.25, -0.2) is 4.98 Å². The van der Waals surface area contributed by atoms with Crippen LogP contribution in [0, 0.1) is 0 Å². The third kappa shape index (κ3) is 2.34. The Balaban J connectivity index is 2.40. The molecule has 3 N–H and O–H groups in total.